The molecule has 0 bridgehead atoms. The van der Waals surface area contributed by atoms with Gasteiger partial charge in [-0.25, -0.2) is 0 Å². The normalized spacial score (nSPS) is 22.2. The van der Waals surface area contributed by atoms with Crippen LogP contribution in [-0.4, -0.2) is 18.9 Å². The minimum Gasteiger partial charge on any atom is -0.340 e. The van der Waals surface area contributed by atoms with Gasteiger partial charge in [-0.2, -0.15) is 0 Å². The van der Waals surface area contributed by atoms with E-state index in [0.29, 0.717) is 5.56 Å². The van der Waals surface area contributed by atoms with Crippen LogP contribution in [0.1, 0.15) is 21.5 Å². The summed E-state index contributed by atoms with van der Waals surface area (Å²) in [5, 5.41) is 5.78. The van der Waals surface area contributed by atoms with Crippen LogP contribution < -0.4 is 15.5 Å². The van der Waals surface area contributed by atoms with Crippen molar-refractivity contribution in [2.75, 3.05) is 17.3 Å². The van der Waals surface area contributed by atoms with E-state index in [9.17, 15) is 9.59 Å². The first kappa shape index (κ1) is 12.9. The second-order valence-electron chi connectivity index (χ2n) is 5.74. The van der Waals surface area contributed by atoms with Crippen molar-refractivity contribution in [2.24, 2.45) is 0 Å². The van der Waals surface area contributed by atoms with Crippen LogP contribution in [0.4, 0.5) is 11.4 Å². The molecule has 0 aromatic heterocycles. The third-order valence-electron chi connectivity index (χ3n) is 4.45. The lowest BCUT2D eigenvalue weighted by molar-refractivity contribution is -0.121. The Hall–Kier alpha value is -2.82. The molecule has 2 heterocycles. The van der Waals surface area contributed by atoms with Gasteiger partial charge in [-0.1, -0.05) is 23.8 Å². The fraction of sp³-hybridized carbons (Fsp3) is 0.176. The molecule has 2 N–H and O–H groups in total. The highest BCUT2D eigenvalue weighted by Gasteiger charge is 2.54. The third kappa shape index (κ3) is 1.43. The van der Waals surface area contributed by atoms with Gasteiger partial charge in [0.05, 0.1) is 11.3 Å². The molecular weight excluding hydrogens is 278 g/mol. The summed E-state index contributed by atoms with van der Waals surface area (Å²) in [4.78, 5) is 27.1. The van der Waals surface area contributed by atoms with E-state index in [1.54, 1.807) is 6.07 Å². The highest BCUT2D eigenvalue weighted by atomic mass is 16.2. The molecule has 1 spiro atoms. The zero-order valence-corrected chi connectivity index (χ0v) is 12.3. The average molecular weight is 293 g/mol. The Morgan fingerprint density at radius 2 is 1.86 bits per heavy atom. The van der Waals surface area contributed by atoms with Gasteiger partial charge in [-0.15, -0.1) is 0 Å². The molecule has 22 heavy (non-hydrogen) atoms. The van der Waals surface area contributed by atoms with Crippen LogP contribution in [0.25, 0.3) is 0 Å². The van der Waals surface area contributed by atoms with Gasteiger partial charge in [0.1, 0.15) is 0 Å². The number of anilines is 2. The molecule has 0 fully saturated rings. The Morgan fingerprint density at radius 1 is 1.09 bits per heavy atom. The van der Waals surface area contributed by atoms with Crippen molar-refractivity contribution in [3.8, 4) is 0 Å². The molecule has 2 aromatic rings. The van der Waals surface area contributed by atoms with Crippen LogP contribution in [-0.2, 0) is 10.5 Å². The molecule has 1 atom stereocenters. The van der Waals surface area contributed by atoms with Gasteiger partial charge in [-0.3, -0.25) is 9.59 Å². The van der Waals surface area contributed by atoms with E-state index in [1.165, 1.54) is 0 Å². The largest absolute Gasteiger partial charge is 0.340 e. The van der Waals surface area contributed by atoms with Crippen molar-refractivity contribution in [3.63, 3.8) is 0 Å². The van der Waals surface area contributed by atoms with E-state index in [4.69, 9.17) is 0 Å². The summed E-state index contributed by atoms with van der Waals surface area (Å²) < 4.78 is 0. The first-order valence-electron chi connectivity index (χ1n) is 7.12. The van der Waals surface area contributed by atoms with Gasteiger partial charge in [0.15, 0.2) is 0 Å². The number of nitrogens with zero attached hydrogens (tertiary/aromatic N) is 1. The number of hydrogen-bond donors (Lipinski definition) is 2. The van der Waals surface area contributed by atoms with E-state index in [2.05, 4.69) is 10.6 Å². The fourth-order valence-electron chi connectivity index (χ4n) is 3.31. The lowest BCUT2D eigenvalue weighted by atomic mass is 9.92. The maximum Gasteiger partial charge on any atom is 0.276 e. The Kier molecular flexibility index (Phi) is 2.40. The number of benzene rings is 2. The number of fused-ring (bicyclic) bond motifs is 3. The number of amides is 2. The number of likely N-dealkylation sites (N-methyl/N-ethyl adjacent to an activating group) is 1. The van der Waals surface area contributed by atoms with Crippen LogP contribution in [0, 0.1) is 6.92 Å². The molecular formula is C17H15N3O2. The number of hydrogen-bond acceptors (Lipinski definition) is 3. The van der Waals surface area contributed by atoms with Crippen molar-refractivity contribution in [1.82, 2.24) is 5.32 Å². The highest BCUT2D eigenvalue weighted by molar-refractivity contribution is 6.14. The molecule has 0 saturated heterocycles. The van der Waals surface area contributed by atoms with Gasteiger partial charge in [0, 0.05) is 18.3 Å². The molecule has 1 unspecified atom stereocenters. The van der Waals surface area contributed by atoms with Crippen molar-refractivity contribution in [2.45, 2.75) is 12.6 Å². The van der Waals surface area contributed by atoms with E-state index < -0.39 is 5.66 Å². The van der Waals surface area contributed by atoms with Crippen LogP contribution in [0.2, 0.25) is 0 Å². The van der Waals surface area contributed by atoms with Gasteiger partial charge >= 0.3 is 0 Å². The summed E-state index contributed by atoms with van der Waals surface area (Å²) in [6.45, 7) is 1.97. The minimum absolute atomic E-state index is 0.238. The predicted octanol–water partition coefficient (Wildman–Crippen LogP) is 1.98. The zero-order valence-electron chi connectivity index (χ0n) is 12.3. The second kappa shape index (κ2) is 4.10. The van der Waals surface area contributed by atoms with Gasteiger partial charge < -0.3 is 15.5 Å². The van der Waals surface area contributed by atoms with Crippen LogP contribution in [0.15, 0.2) is 42.5 Å². The van der Waals surface area contributed by atoms with Crippen molar-refractivity contribution in [1.29, 1.82) is 0 Å². The first-order valence-corrected chi connectivity index (χ1v) is 7.12. The number of rotatable bonds is 0. The Labute approximate surface area is 127 Å². The average Bonchev–Trinajstić information content (AvgIpc) is 2.78. The first-order chi connectivity index (χ1) is 10.5. The summed E-state index contributed by atoms with van der Waals surface area (Å²) >= 11 is 0. The Balaban J connectivity index is 1.99. The van der Waals surface area contributed by atoms with Gasteiger partial charge in [0.25, 0.3) is 11.8 Å². The monoisotopic (exact) mass is 293 g/mol. The Bertz CT molecular complexity index is 830. The van der Waals surface area contributed by atoms with Gasteiger partial charge in [-0.05, 0) is 31.2 Å². The van der Waals surface area contributed by atoms with Crippen LogP contribution in [0.5, 0.6) is 0 Å². The summed E-state index contributed by atoms with van der Waals surface area (Å²) in [5.41, 5.74) is 2.69. The smallest absolute Gasteiger partial charge is 0.276 e. The lowest BCUT2D eigenvalue weighted by Gasteiger charge is -2.43. The Morgan fingerprint density at radius 3 is 2.68 bits per heavy atom. The van der Waals surface area contributed by atoms with E-state index in [1.807, 2.05) is 55.3 Å². The molecule has 2 aliphatic heterocycles. The summed E-state index contributed by atoms with van der Waals surface area (Å²) in [5.74, 6) is -0.475. The lowest BCUT2D eigenvalue weighted by Crippen LogP contribution is -2.64. The molecule has 5 heteroatoms. The highest BCUT2D eigenvalue weighted by Crippen LogP contribution is 2.43. The van der Waals surface area contributed by atoms with Crippen LogP contribution in [0.3, 0.4) is 0 Å². The quantitative estimate of drug-likeness (QED) is 0.781. The van der Waals surface area contributed by atoms with E-state index in [-0.39, 0.29) is 11.8 Å². The van der Waals surface area contributed by atoms with Crippen molar-refractivity contribution >= 4 is 23.2 Å². The fourth-order valence-corrected chi connectivity index (χ4v) is 3.31. The van der Waals surface area contributed by atoms with E-state index in [0.717, 1.165) is 22.5 Å². The summed E-state index contributed by atoms with van der Waals surface area (Å²) in [6.07, 6.45) is 0. The standard InChI is InChI=1S/C17H15N3O2/c1-10-7-8-13-12(9-10)17(16(22)18-13)19-15(21)11-5-3-4-6-14(11)20(17)2/h3-9H,1-2H3,(H,18,22)(H,19,21). The molecule has 4 rings (SSSR count). The number of carbonyl (C=O) groups is 2. The molecule has 0 aliphatic carbocycles. The number of aryl methyl sites for hydroxylation is 1. The number of para-hydroxylation sites is 1. The number of carbonyl (C=O) groups excluding carboxylic acids is 2. The topological polar surface area (TPSA) is 61.4 Å². The molecule has 110 valence electrons. The van der Waals surface area contributed by atoms with Crippen LogP contribution >= 0.6 is 0 Å². The van der Waals surface area contributed by atoms with Crippen molar-refractivity contribution in [3.05, 3.63) is 59.2 Å². The predicted molar refractivity (Wildman–Crippen MR) is 83.8 cm³/mol. The summed E-state index contributed by atoms with van der Waals surface area (Å²) in [7, 11) is 1.83. The molecule has 2 aromatic carbocycles. The SMILES string of the molecule is Cc1ccc2c(c1)C1(NC(=O)c3ccccc3N1C)C(=O)N2. The third-order valence-corrected chi connectivity index (χ3v) is 4.45. The van der Waals surface area contributed by atoms with E-state index >= 15 is 0 Å². The number of nitrogens with one attached hydrogen (secondary N) is 2. The maximum absolute atomic E-state index is 12.7. The molecule has 2 aliphatic rings. The van der Waals surface area contributed by atoms with Gasteiger partial charge in [0.2, 0.25) is 5.66 Å². The molecule has 0 saturated carbocycles. The molecule has 2 amide bonds. The minimum atomic E-state index is -1.19. The second-order valence-corrected chi connectivity index (χ2v) is 5.74. The summed E-state index contributed by atoms with van der Waals surface area (Å²) in [6, 6.07) is 13.1. The molecule has 5 nitrogen and oxygen atoms in total. The maximum atomic E-state index is 12.7. The zero-order chi connectivity index (χ0) is 15.5. The molecule has 0 radical (unpaired) electrons. The van der Waals surface area contributed by atoms with Crippen molar-refractivity contribution < 1.29 is 9.59 Å².